The lowest BCUT2D eigenvalue weighted by molar-refractivity contribution is 0.311. The summed E-state index contributed by atoms with van der Waals surface area (Å²) in [6, 6.07) is 8.34. The summed E-state index contributed by atoms with van der Waals surface area (Å²) in [5.74, 6) is 0. The SMILES string of the molecule is CCCc1cccc(NCCO)c1. The standard InChI is InChI=1S/C11H17NO/c1-2-4-10-5-3-6-11(9-10)12-7-8-13/h3,5-6,9,12-13H,2,4,7-8H2,1H3. The Balaban J connectivity index is 2.56. The Kier molecular flexibility index (Phi) is 4.33. The van der Waals surface area contributed by atoms with Crippen molar-refractivity contribution >= 4 is 5.69 Å². The number of aliphatic hydroxyl groups excluding tert-OH is 1. The minimum absolute atomic E-state index is 0.179. The van der Waals surface area contributed by atoms with Crippen LogP contribution in [0.2, 0.25) is 0 Å². The topological polar surface area (TPSA) is 32.3 Å². The molecule has 0 spiro atoms. The van der Waals surface area contributed by atoms with Gasteiger partial charge in [0.1, 0.15) is 0 Å². The fourth-order valence-electron chi connectivity index (χ4n) is 1.33. The molecule has 2 heteroatoms. The van der Waals surface area contributed by atoms with E-state index in [0.717, 1.165) is 12.1 Å². The molecule has 0 aliphatic rings. The Morgan fingerprint density at radius 1 is 1.38 bits per heavy atom. The maximum atomic E-state index is 8.64. The molecular weight excluding hydrogens is 162 g/mol. The van der Waals surface area contributed by atoms with Crippen LogP contribution in [-0.4, -0.2) is 18.3 Å². The van der Waals surface area contributed by atoms with Gasteiger partial charge < -0.3 is 10.4 Å². The zero-order valence-electron chi connectivity index (χ0n) is 8.09. The lowest BCUT2D eigenvalue weighted by Crippen LogP contribution is -2.05. The smallest absolute Gasteiger partial charge is 0.0604 e. The van der Waals surface area contributed by atoms with Crippen molar-refractivity contribution in [2.24, 2.45) is 0 Å². The fraction of sp³-hybridized carbons (Fsp3) is 0.455. The number of rotatable bonds is 5. The average Bonchev–Trinajstić information content (AvgIpc) is 2.16. The third-order valence-corrected chi connectivity index (χ3v) is 1.91. The molecule has 0 saturated heterocycles. The van der Waals surface area contributed by atoms with Crippen molar-refractivity contribution in [3.05, 3.63) is 29.8 Å². The minimum Gasteiger partial charge on any atom is -0.395 e. The van der Waals surface area contributed by atoms with E-state index in [1.54, 1.807) is 0 Å². The second-order valence-electron chi connectivity index (χ2n) is 3.10. The molecule has 0 bridgehead atoms. The van der Waals surface area contributed by atoms with E-state index in [-0.39, 0.29) is 6.61 Å². The Bertz CT molecular complexity index is 248. The number of aliphatic hydroxyl groups is 1. The summed E-state index contributed by atoms with van der Waals surface area (Å²) in [5, 5.41) is 11.8. The van der Waals surface area contributed by atoms with Crippen LogP contribution in [0.1, 0.15) is 18.9 Å². The molecular formula is C11H17NO. The fourth-order valence-corrected chi connectivity index (χ4v) is 1.33. The van der Waals surface area contributed by atoms with Crippen LogP contribution >= 0.6 is 0 Å². The van der Waals surface area contributed by atoms with Gasteiger partial charge in [0.15, 0.2) is 0 Å². The molecule has 1 aromatic carbocycles. The van der Waals surface area contributed by atoms with Crippen molar-refractivity contribution in [3.63, 3.8) is 0 Å². The highest BCUT2D eigenvalue weighted by atomic mass is 16.3. The summed E-state index contributed by atoms with van der Waals surface area (Å²) < 4.78 is 0. The summed E-state index contributed by atoms with van der Waals surface area (Å²) in [6.45, 7) is 2.97. The van der Waals surface area contributed by atoms with E-state index in [1.807, 2.05) is 12.1 Å². The zero-order valence-corrected chi connectivity index (χ0v) is 8.09. The number of aryl methyl sites for hydroxylation is 1. The largest absolute Gasteiger partial charge is 0.395 e. The second kappa shape index (κ2) is 5.60. The average molecular weight is 179 g/mol. The highest BCUT2D eigenvalue weighted by Gasteiger charge is 1.93. The molecule has 1 aromatic rings. The first-order valence-electron chi connectivity index (χ1n) is 4.80. The van der Waals surface area contributed by atoms with Gasteiger partial charge in [-0.3, -0.25) is 0 Å². The molecule has 0 aliphatic heterocycles. The van der Waals surface area contributed by atoms with Crippen molar-refractivity contribution < 1.29 is 5.11 Å². The van der Waals surface area contributed by atoms with Gasteiger partial charge in [0, 0.05) is 12.2 Å². The van der Waals surface area contributed by atoms with Gasteiger partial charge in [-0.2, -0.15) is 0 Å². The molecule has 0 amide bonds. The van der Waals surface area contributed by atoms with Crippen molar-refractivity contribution in [2.75, 3.05) is 18.5 Å². The van der Waals surface area contributed by atoms with Crippen LogP contribution in [0.3, 0.4) is 0 Å². The van der Waals surface area contributed by atoms with E-state index in [0.29, 0.717) is 6.54 Å². The molecule has 72 valence electrons. The second-order valence-corrected chi connectivity index (χ2v) is 3.10. The predicted molar refractivity (Wildman–Crippen MR) is 56.0 cm³/mol. The normalized spacial score (nSPS) is 10.0. The van der Waals surface area contributed by atoms with Crippen LogP contribution in [0.15, 0.2) is 24.3 Å². The van der Waals surface area contributed by atoms with Crippen molar-refractivity contribution in [1.82, 2.24) is 0 Å². The molecule has 0 fully saturated rings. The number of hydrogen-bond acceptors (Lipinski definition) is 2. The number of nitrogens with one attached hydrogen (secondary N) is 1. The minimum atomic E-state index is 0.179. The van der Waals surface area contributed by atoms with Crippen LogP contribution < -0.4 is 5.32 Å². The summed E-state index contributed by atoms with van der Waals surface area (Å²) >= 11 is 0. The molecule has 0 unspecified atom stereocenters. The molecule has 0 atom stereocenters. The molecule has 2 nitrogen and oxygen atoms in total. The lowest BCUT2D eigenvalue weighted by Gasteiger charge is -2.05. The highest BCUT2D eigenvalue weighted by Crippen LogP contribution is 2.11. The molecule has 0 aromatic heterocycles. The third-order valence-electron chi connectivity index (χ3n) is 1.91. The Morgan fingerprint density at radius 2 is 2.23 bits per heavy atom. The number of hydrogen-bond donors (Lipinski definition) is 2. The first-order valence-corrected chi connectivity index (χ1v) is 4.80. The monoisotopic (exact) mass is 179 g/mol. The molecule has 0 radical (unpaired) electrons. The van der Waals surface area contributed by atoms with Gasteiger partial charge in [0.2, 0.25) is 0 Å². The Morgan fingerprint density at radius 3 is 2.92 bits per heavy atom. The summed E-state index contributed by atoms with van der Waals surface area (Å²) in [6.07, 6.45) is 2.29. The maximum absolute atomic E-state index is 8.64. The van der Waals surface area contributed by atoms with Gasteiger partial charge in [-0.1, -0.05) is 25.5 Å². The van der Waals surface area contributed by atoms with Gasteiger partial charge in [-0.05, 0) is 24.1 Å². The van der Waals surface area contributed by atoms with Crippen LogP contribution in [0.4, 0.5) is 5.69 Å². The summed E-state index contributed by atoms with van der Waals surface area (Å²) in [4.78, 5) is 0. The molecule has 0 aliphatic carbocycles. The van der Waals surface area contributed by atoms with Gasteiger partial charge in [-0.25, -0.2) is 0 Å². The van der Waals surface area contributed by atoms with Crippen molar-refractivity contribution in [2.45, 2.75) is 19.8 Å². The Labute approximate surface area is 79.6 Å². The molecule has 2 N–H and O–H groups in total. The van der Waals surface area contributed by atoms with Crippen LogP contribution in [0.5, 0.6) is 0 Å². The van der Waals surface area contributed by atoms with E-state index in [4.69, 9.17) is 5.11 Å². The summed E-state index contributed by atoms with van der Waals surface area (Å²) in [7, 11) is 0. The first kappa shape index (κ1) is 10.1. The Hall–Kier alpha value is -1.02. The van der Waals surface area contributed by atoms with E-state index in [1.165, 1.54) is 12.0 Å². The van der Waals surface area contributed by atoms with E-state index < -0.39 is 0 Å². The lowest BCUT2D eigenvalue weighted by atomic mass is 10.1. The molecule has 0 heterocycles. The van der Waals surface area contributed by atoms with Crippen LogP contribution in [-0.2, 0) is 6.42 Å². The predicted octanol–water partition coefficient (Wildman–Crippen LogP) is 2.04. The van der Waals surface area contributed by atoms with E-state index in [9.17, 15) is 0 Å². The zero-order chi connectivity index (χ0) is 9.52. The van der Waals surface area contributed by atoms with E-state index >= 15 is 0 Å². The number of benzene rings is 1. The number of anilines is 1. The van der Waals surface area contributed by atoms with Crippen LogP contribution in [0, 0.1) is 0 Å². The van der Waals surface area contributed by atoms with Crippen LogP contribution in [0.25, 0.3) is 0 Å². The first-order chi connectivity index (χ1) is 6.36. The van der Waals surface area contributed by atoms with Crippen molar-refractivity contribution in [1.29, 1.82) is 0 Å². The van der Waals surface area contributed by atoms with E-state index in [2.05, 4.69) is 24.4 Å². The third kappa shape index (κ3) is 3.47. The summed E-state index contributed by atoms with van der Waals surface area (Å²) in [5.41, 5.74) is 2.45. The molecule has 1 rings (SSSR count). The van der Waals surface area contributed by atoms with Gasteiger partial charge in [0.05, 0.1) is 6.61 Å². The van der Waals surface area contributed by atoms with Gasteiger partial charge in [0.25, 0.3) is 0 Å². The molecule has 13 heavy (non-hydrogen) atoms. The van der Waals surface area contributed by atoms with Gasteiger partial charge >= 0.3 is 0 Å². The highest BCUT2D eigenvalue weighted by molar-refractivity contribution is 5.45. The maximum Gasteiger partial charge on any atom is 0.0604 e. The molecule has 0 saturated carbocycles. The van der Waals surface area contributed by atoms with Gasteiger partial charge in [-0.15, -0.1) is 0 Å². The quantitative estimate of drug-likeness (QED) is 0.725. The van der Waals surface area contributed by atoms with Crippen molar-refractivity contribution in [3.8, 4) is 0 Å².